The molecule has 114 valence electrons. The van der Waals surface area contributed by atoms with Crippen molar-refractivity contribution < 1.29 is 19.4 Å². The van der Waals surface area contributed by atoms with E-state index in [4.69, 9.17) is 14.6 Å². The van der Waals surface area contributed by atoms with Gasteiger partial charge in [-0.3, -0.25) is 0 Å². The van der Waals surface area contributed by atoms with Gasteiger partial charge in [-0.1, -0.05) is 11.1 Å². The molecule has 0 amide bonds. The van der Waals surface area contributed by atoms with E-state index in [-0.39, 0.29) is 5.56 Å². The summed E-state index contributed by atoms with van der Waals surface area (Å²) in [5, 5.41) is 9.17. The fraction of sp³-hybridized carbons (Fsp3) is 0.353. The van der Waals surface area contributed by atoms with Gasteiger partial charge in [-0.2, -0.15) is 0 Å². The number of hydrogen-bond acceptors (Lipinski definition) is 3. The molecule has 0 spiro atoms. The van der Waals surface area contributed by atoms with Gasteiger partial charge in [-0.25, -0.2) is 4.79 Å². The summed E-state index contributed by atoms with van der Waals surface area (Å²) in [4.78, 5) is 11.2. The van der Waals surface area contributed by atoms with E-state index >= 15 is 0 Å². The molecule has 0 fully saturated rings. The molecule has 0 radical (unpaired) electrons. The summed E-state index contributed by atoms with van der Waals surface area (Å²) in [6, 6.07) is 4.75. The maximum Gasteiger partial charge on any atom is 0.339 e. The van der Waals surface area contributed by atoms with Crippen LogP contribution in [0.5, 0.6) is 11.5 Å². The van der Waals surface area contributed by atoms with Crippen molar-refractivity contribution in [1.82, 2.24) is 0 Å². The number of rotatable bonds is 7. The molecule has 1 rings (SSSR count). The Bertz CT molecular complexity index is 548. The van der Waals surface area contributed by atoms with Crippen LogP contribution in [0.3, 0.4) is 0 Å². The molecule has 1 N–H and O–H groups in total. The van der Waals surface area contributed by atoms with Crippen LogP contribution >= 0.6 is 0 Å². The van der Waals surface area contributed by atoms with E-state index in [1.54, 1.807) is 12.1 Å². The van der Waals surface area contributed by atoms with E-state index in [1.165, 1.54) is 6.07 Å². The first-order valence-electron chi connectivity index (χ1n) is 6.80. The summed E-state index contributed by atoms with van der Waals surface area (Å²) < 4.78 is 11.1. The van der Waals surface area contributed by atoms with E-state index in [0.717, 1.165) is 11.1 Å². The quantitative estimate of drug-likeness (QED) is 0.769. The third-order valence-electron chi connectivity index (χ3n) is 2.66. The van der Waals surface area contributed by atoms with Crippen LogP contribution in [0.15, 0.2) is 41.5 Å². The van der Waals surface area contributed by atoms with Gasteiger partial charge >= 0.3 is 5.97 Å². The third-order valence-corrected chi connectivity index (χ3v) is 2.66. The molecule has 0 aliphatic carbocycles. The lowest BCUT2D eigenvalue weighted by Gasteiger charge is -2.10. The minimum atomic E-state index is -1.02. The molecule has 4 nitrogen and oxygen atoms in total. The largest absolute Gasteiger partial charge is 0.489 e. The number of hydrogen-bond donors (Lipinski definition) is 1. The van der Waals surface area contributed by atoms with Gasteiger partial charge < -0.3 is 14.6 Å². The van der Waals surface area contributed by atoms with Crippen molar-refractivity contribution in [2.45, 2.75) is 27.7 Å². The second-order valence-electron chi connectivity index (χ2n) is 5.15. The van der Waals surface area contributed by atoms with Gasteiger partial charge in [0.05, 0.1) is 0 Å². The number of carboxylic acid groups (broad SMARTS) is 1. The zero-order valence-electron chi connectivity index (χ0n) is 13.0. The Labute approximate surface area is 125 Å². The summed E-state index contributed by atoms with van der Waals surface area (Å²) in [5.41, 5.74) is 2.41. The van der Waals surface area contributed by atoms with E-state index in [1.807, 2.05) is 39.8 Å². The molecular formula is C17H22O4. The van der Waals surface area contributed by atoms with Gasteiger partial charge in [0.15, 0.2) is 0 Å². The molecule has 1 aromatic carbocycles. The van der Waals surface area contributed by atoms with Crippen molar-refractivity contribution in [2.75, 3.05) is 13.2 Å². The van der Waals surface area contributed by atoms with E-state index in [9.17, 15) is 4.79 Å². The van der Waals surface area contributed by atoms with Crippen LogP contribution in [0.1, 0.15) is 38.1 Å². The molecule has 0 bridgehead atoms. The molecule has 0 aromatic heterocycles. The standard InChI is InChI=1S/C17H22O4/c1-12(2)7-9-20-14-5-6-15(17(18)19)16(11-14)21-10-8-13(3)4/h5-8,11H,9-10H2,1-4H3,(H,18,19). The van der Waals surface area contributed by atoms with E-state index < -0.39 is 5.97 Å². The Morgan fingerprint density at radius 2 is 1.62 bits per heavy atom. The molecule has 0 saturated heterocycles. The van der Waals surface area contributed by atoms with Crippen LogP contribution in [-0.2, 0) is 0 Å². The molecule has 0 unspecified atom stereocenters. The number of benzene rings is 1. The molecule has 0 saturated carbocycles. The first-order chi connectivity index (χ1) is 9.90. The minimum absolute atomic E-state index is 0.131. The number of carboxylic acids is 1. The van der Waals surface area contributed by atoms with Crippen molar-refractivity contribution in [1.29, 1.82) is 0 Å². The third kappa shape index (κ3) is 6.17. The van der Waals surface area contributed by atoms with Crippen LogP contribution in [0.25, 0.3) is 0 Å². The first-order valence-corrected chi connectivity index (χ1v) is 6.80. The first kappa shape index (κ1) is 16.8. The van der Waals surface area contributed by atoms with E-state index in [0.29, 0.717) is 24.7 Å². The summed E-state index contributed by atoms with van der Waals surface area (Å²) in [6.45, 7) is 8.68. The monoisotopic (exact) mass is 290 g/mol. The zero-order valence-corrected chi connectivity index (χ0v) is 13.0. The van der Waals surface area contributed by atoms with Crippen molar-refractivity contribution in [2.24, 2.45) is 0 Å². The van der Waals surface area contributed by atoms with Gasteiger partial charge in [0.25, 0.3) is 0 Å². The number of ether oxygens (including phenoxy) is 2. The van der Waals surface area contributed by atoms with Crippen LogP contribution in [0.4, 0.5) is 0 Å². The highest BCUT2D eigenvalue weighted by atomic mass is 16.5. The van der Waals surface area contributed by atoms with Gasteiger partial charge in [0.2, 0.25) is 0 Å². The van der Waals surface area contributed by atoms with Crippen LogP contribution in [-0.4, -0.2) is 24.3 Å². The summed E-state index contributed by atoms with van der Waals surface area (Å²) in [5.74, 6) is -0.113. The molecule has 0 aliphatic heterocycles. The Morgan fingerprint density at radius 1 is 1.05 bits per heavy atom. The van der Waals surface area contributed by atoms with Gasteiger partial charge in [-0.05, 0) is 52.0 Å². The maximum absolute atomic E-state index is 11.2. The average Bonchev–Trinajstić information content (AvgIpc) is 2.37. The van der Waals surface area contributed by atoms with Crippen molar-refractivity contribution in [3.05, 3.63) is 47.1 Å². The molecule has 0 aliphatic rings. The summed E-state index contributed by atoms with van der Waals surface area (Å²) in [7, 11) is 0. The summed E-state index contributed by atoms with van der Waals surface area (Å²) >= 11 is 0. The van der Waals surface area contributed by atoms with Crippen molar-refractivity contribution >= 4 is 5.97 Å². The fourth-order valence-corrected chi connectivity index (χ4v) is 1.49. The van der Waals surface area contributed by atoms with Crippen molar-refractivity contribution in [3.8, 4) is 11.5 Å². The van der Waals surface area contributed by atoms with Gasteiger partial charge in [-0.15, -0.1) is 0 Å². The predicted octanol–water partition coefficient (Wildman–Crippen LogP) is 4.07. The molecule has 4 heteroatoms. The lowest BCUT2D eigenvalue weighted by molar-refractivity contribution is 0.0692. The Hall–Kier alpha value is -2.23. The minimum Gasteiger partial charge on any atom is -0.489 e. The molecular weight excluding hydrogens is 268 g/mol. The lowest BCUT2D eigenvalue weighted by Crippen LogP contribution is -2.04. The Balaban J connectivity index is 2.87. The highest BCUT2D eigenvalue weighted by molar-refractivity contribution is 5.91. The number of allylic oxidation sites excluding steroid dienone is 2. The smallest absolute Gasteiger partial charge is 0.339 e. The predicted molar refractivity (Wildman–Crippen MR) is 83.3 cm³/mol. The van der Waals surface area contributed by atoms with Crippen LogP contribution < -0.4 is 9.47 Å². The topological polar surface area (TPSA) is 55.8 Å². The lowest BCUT2D eigenvalue weighted by atomic mass is 10.2. The van der Waals surface area contributed by atoms with Crippen LogP contribution in [0, 0.1) is 0 Å². The van der Waals surface area contributed by atoms with E-state index in [2.05, 4.69) is 0 Å². The zero-order chi connectivity index (χ0) is 15.8. The highest BCUT2D eigenvalue weighted by Gasteiger charge is 2.12. The number of carbonyl (C=O) groups is 1. The second kappa shape index (κ2) is 8.15. The second-order valence-corrected chi connectivity index (χ2v) is 5.15. The van der Waals surface area contributed by atoms with Crippen molar-refractivity contribution in [3.63, 3.8) is 0 Å². The Kier molecular flexibility index (Phi) is 6.53. The molecule has 0 atom stereocenters. The molecule has 1 aromatic rings. The number of aromatic carboxylic acids is 1. The summed E-state index contributed by atoms with van der Waals surface area (Å²) in [6.07, 6.45) is 3.84. The highest BCUT2D eigenvalue weighted by Crippen LogP contribution is 2.25. The normalized spacial score (nSPS) is 9.71. The average molecular weight is 290 g/mol. The maximum atomic E-state index is 11.2. The molecule has 0 heterocycles. The van der Waals surface area contributed by atoms with Crippen LogP contribution in [0.2, 0.25) is 0 Å². The SMILES string of the molecule is CC(C)=CCOc1ccc(C(=O)O)c(OCC=C(C)C)c1. The molecule has 21 heavy (non-hydrogen) atoms. The fourth-order valence-electron chi connectivity index (χ4n) is 1.49. The van der Waals surface area contributed by atoms with Gasteiger partial charge in [0, 0.05) is 6.07 Å². The Morgan fingerprint density at radius 3 is 2.14 bits per heavy atom. The van der Waals surface area contributed by atoms with Gasteiger partial charge in [0.1, 0.15) is 30.3 Å².